The first kappa shape index (κ1) is 12.7. The first-order chi connectivity index (χ1) is 8.31. The van der Waals surface area contributed by atoms with Gasteiger partial charge in [0.2, 0.25) is 0 Å². The number of likely N-dealkylation sites (tertiary alicyclic amines) is 1. The van der Waals surface area contributed by atoms with Crippen LogP contribution in [0.15, 0.2) is 24.3 Å². The molecule has 2 rings (SSSR count). The second kappa shape index (κ2) is 6.27. The first-order valence-corrected chi connectivity index (χ1v) is 6.76. The van der Waals surface area contributed by atoms with Crippen LogP contribution in [0.5, 0.6) is 5.75 Å². The third-order valence-corrected chi connectivity index (χ3v) is 3.90. The Balaban J connectivity index is 1.78. The quantitative estimate of drug-likeness (QED) is 0.749. The van der Waals surface area contributed by atoms with Crippen molar-refractivity contribution in [2.45, 2.75) is 12.8 Å². The Morgan fingerprint density at radius 2 is 2.12 bits per heavy atom. The molecule has 0 amide bonds. The number of methoxy groups -OCH3 is 1. The molecular formula is C14H20ClNO. The number of ether oxygens (including phenoxy) is 1. The van der Waals surface area contributed by atoms with Crippen LogP contribution in [0.1, 0.15) is 12.0 Å². The minimum absolute atomic E-state index is 0.701. The van der Waals surface area contributed by atoms with Gasteiger partial charge in [-0.25, -0.2) is 0 Å². The molecule has 1 aromatic rings. The highest BCUT2D eigenvalue weighted by molar-refractivity contribution is 6.18. The lowest BCUT2D eigenvalue weighted by atomic mass is 10.1. The van der Waals surface area contributed by atoms with Crippen LogP contribution >= 0.6 is 11.6 Å². The van der Waals surface area contributed by atoms with Crippen LogP contribution in [-0.2, 0) is 6.42 Å². The summed E-state index contributed by atoms with van der Waals surface area (Å²) >= 11 is 5.88. The van der Waals surface area contributed by atoms with Crippen LogP contribution in [0.25, 0.3) is 0 Å². The van der Waals surface area contributed by atoms with Crippen molar-refractivity contribution in [3.8, 4) is 5.75 Å². The molecule has 3 heteroatoms. The van der Waals surface area contributed by atoms with Gasteiger partial charge >= 0.3 is 0 Å². The minimum atomic E-state index is 0.701. The zero-order chi connectivity index (χ0) is 12.1. The molecule has 1 atom stereocenters. The van der Waals surface area contributed by atoms with E-state index in [2.05, 4.69) is 17.0 Å². The predicted octanol–water partition coefficient (Wildman–Crippen LogP) is 2.80. The molecule has 1 aliphatic rings. The standard InChI is InChI=1S/C14H20ClNO/c1-17-14-4-2-12(3-5-14)6-8-16-9-7-13(10-15)11-16/h2-5,13H,6-11H2,1H3. The molecule has 1 unspecified atom stereocenters. The average Bonchev–Trinajstić information content (AvgIpc) is 2.85. The van der Waals surface area contributed by atoms with Gasteiger partial charge in [0.05, 0.1) is 7.11 Å². The van der Waals surface area contributed by atoms with Crippen molar-refractivity contribution in [2.24, 2.45) is 5.92 Å². The molecule has 1 aromatic carbocycles. The monoisotopic (exact) mass is 253 g/mol. The SMILES string of the molecule is COc1ccc(CCN2CCC(CCl)C2)cc1. The maximum absolute atomic E-state index is 5.88. The van der Waals surface area contributed by atoms with Crippen molar-refractivity contribution in [3.05, 3.63) is 29.8 Å². The summed E-state index contributed by atoms with van der Waals surface area (Å²) in [6.07, 6.45) is 2.37. The maximum Gasteiger partial charge on any atom is 0.118 e. The molecule has 1 heterocycles. The van der Waals surface area contributed by atoms with Crippen LogP contribution in [0, 0.1) is 5.92 Å². The van der Waals surface area contributed by atoms with Gasteiger partial charge in [-0.05, 0) is 43.0 Å². The van der Waals surface area contributed by atoms with E-state index < -0.39 is 0 Å². The van der Waals surface area contributed by atoms with Gasteiger partial charge < -0.3 is 9.64 Å². The van der Waals surface area contributed by atoms with Gasteiger partial charge in [0.15, 0.2) is 0 Å². The maximum atomic E-state index is 5.88. The van der Waals surface area contributed by atoms with Crippen LogP contribution in [0.4, 0.5) is 0 Å². The summed E-state index contributed by atoms with van der Waals surface area (Å²) < 4.78 is 5.15. The molecule has 1 fully saturated rings. The summed E-state index contributed by atoms with van der Waals surface area (Å²) in [6, 6.07) is 8.35. The predicted molar refractivity (Wildman–Crippen MR) is 72.0 cm³/mol. The number of hydrogen-bond donors (Lipinski definition) is 0. The highest BCUT2D eigenvalue weighted by atomic mass is 35.5. The highest BCUT2D eigenvalue weighted by Gasteiger charge is 2.20. The fraction of sp³-hybridized carbons (Fsp3) is 0.571. The third-order valence-electron chi connectivity index (χ3n) is 3.46. The van der Waals surface area contributed by atoms with Crippen LogP contribution < -0.4 is 4.74 Å². The summed E-state index contributed by atoms with van der Waals surface area (Å²) in [5.41, 5.74) is 1.38. The Kier molecular flexibility index (Phi) is 4.69. The molecule has 0 bridgehead atoms. The lowest BCUT2D eigenvalue weighted by Gasteiger charge is -2.15. The summed E-state index contributed by atoms with van der Waals surface area (Å²) in [5, 5.41) is 0. The zero-order valence-corrected chi connectivity index (χ0v) is 11.1. The van der Waals surface area contributed by atoms with Crippen molar-refractivity contribution >= 4 is 11.6 Å². The Hall–Kier alpha value is -0.730. The number of halogens is 1. The Bertz CT molecular complexity index is 339. The van der Waals surface area contributed by atoms with Gasteiger partial charge in [0.25, 0.3) is 0 Å². The molecule has 1 aliphatic heterocycles. The Morgan fingerprint density at radius 1 is 1.35 bits per heavy atom. The van der Waals surface area contributed by atoms with E-state index in [0.717, 1.165) is 24.6 Å². The Labute approximate surface area is 109 Å². The van der Waals surface area contributed by atoms with E-state index in [1.54, 1.807) is 7.11 Å². The van der Waals surface area contributed by atoms with Crippen molar-refractivity contribution < 1.29 is 4.74 Å². The van der Waals surface area contributed by atoms with E-state index in [1.165, 1.54) is 25.1 Å². The first-order valence-electron chi connectivity index (χ1n) is 6.23. The summed E-state index contributed by atoms with van der Waals surface area (Å²) in [4.78, 5) is 2.51. The summed E-state index contributed by atoms with van der Waals surface area (Å²) in [7, 11) is 1.70. The molecule has 1 saturated heterocycles. The molecule has 94 valence electrons. The van der Waals surface area contributed by atoms with Crippen LogP contribution in [0.2, 0.25) is 0 Å². The fourth-order valence-electron chi connectivity index (χ4n) is 2.32. The minimum Gasteiger partial charge on any atom is -0.497 e. The Morgan fingerprint density at radius 3 is 2.71 bits per heavy atom. The normalized spacial score (nSPS) is 20.7. The van der Waals surface area contributed by atoms with E-state index in [0.29, 0.717) is 5.92 Å². The number of rotatable bonds is 5. The molecule has 2 nitrogen and oxygen atoms in total. The number of nitrogens with zero attached hydrogens (tertiary/aromatic N) is 1. The number of benzene rings is 1. The van der Waals surface area contributed by atoms with E-state index in [4.69, 9.17) is 16.3 Å². The summed E-state index contributed by atoms with van der Waals surface area (Å²) in [5.74, 6) is 2.43. The molecule has 0 radical (unpaired) electrons. The van der Waals surface area contributed by atoms with Crippen LogP contribution in [0.3, 0.4) is 0 Å². The van der Waals surface area contributed by atoms with Crippen molar-refractivity contribution in [1.29, 1.82) is 0 Å². The zero-order valence-electron chi connectivity index (χ0n) is 10.4. The van der Waals surface area contributed by atoms with E-state index in [1.807, 2.05) is 12.1 Å². The largest absolute Gasteiger partial charge is 0.497 e. The van der Waals surface area contributed by atoms with E-state index in [9.17, 15) is 0 Å². The topological polar surface area (TPSA) is 12.5 Å². The molecule has 0 aliphatic carbocycles. The molecule has 17 heavy (non-hydrogen) atoms. The second-order valence-corrected chi connectivity index (χ2v) is 5.02. The highest BCUT2D eigenvalue weighted by Crippen LogP contribution is 2.18. The second-order valence-electron chi connectivity index (χ2n) is 4.71. The fourth-order valence-corrected chi connectivity index (χ4v) is 2.57. The van der Waals surface area contributed by atoms with Crippen molar-refractivity contribution in [2.75, 3.05) is 32.6 Å². The number of alkyl halides is 1. The molecule has 0 aromatic heterocycles. The molecule has 0 N–H and O–H groups in total. The van der Waals surface area contributed by atoms with Gasteiger partial charge in [-0.2, -0.15) is 0 Å². The number of hydrogen-bond acceptors (Lipinski definition) is 2. The van der Waals surface area contributed by atoms with Crippen LogP contribution in [-0.4, -0.2) is 37.5 Å². The molecule has 0 saturated carbocycles. The van der Waals surface area contributed by atoms with Crippen molar-refractivity contribution in [3.63, 3.8) is 0 Å². The van der Waals surface area contributed by atoms with Gasteiger partial charge in [0.1, 0.15) is 5.75 Å². The molecular weight excluding hydrogens is 234 g/mol. The lowest BCUT2D eigenvalue weighted by Crippen LogP contribution is -2.23. The van der Waals surface area contributed by atoms with E-state index in [-0.39, 0.29) is 0 Å². The summed E-state index contributed by atoms with van der Waals surface area (Å²) in [6.45, 7) is 3.51. The van der Waals surface area contributed by atoms with Gasteiger partial charge in [0, 0.05) is 19.0 Å². The van der Waals surface area contributed by atoms with Gasteiger partial charge in [-0.3, -0.25) is 0 Å². The van der Waals surface area contributed by atoms with Crippen molar-refractivity contribution in [1.82, 2.24) is 4.90 Å². The van der Waals surface area contributed by atoms with Gasteiger partial charge in [-0.15, -0.1) is 11.6 Å². The average molecular weight is 254 g/mol. The molecule has 0 spiro atoms. The smallest absolute Gasteiger partial charge is 0.118 e. The van der Waals surface area contributed by atoms with E-state index >= 15 is 0 Å². The third kappa shape index (κ3) is 3.62. The lowest BCUT2D eigenvalue weighted by molar-refractivity contribution is 0.332. The van der Waals surface area contributed by atoms with Gasteiger partial charge in [-0.1, -0.05) is 12.1 Å².